The Kier molecular flexibility index (Phi) is 5.62. The van der Waals surface area contributed by atoms with Gasteiger partial charge in [-0.2, -0.15) is 0 Å². The Hall–Kier alpha value is -1.10. The molecule has 0 aliphatic heterocycles. The molecule has 0 saturated carbocycles. The van der Waals surface area contributed by atoms with Crippen molar-refractivity contribution in [3.63, 3.8) is 0 Å². The Morgan fingerprint density at radius 1 is 1.24 bits per heavy atom. The zero-order valence-electron chi connectivity index (χ0n) is 11.4. The van der Waals surface area contributed by atoms with Crippen LogP contribution in [0.3, 0.4) is 0 Å². The molecule has 0 saturated heterocycles. The number of hydrogen-bond donors (Lipinski definition) is 1. The van der Waals surface area contributed by atoms with E-state index in [0.717, 1.165) is 16.6 Å². The van der Waals surface area contributed by atoms with E-state index in [-0.39, 0.29) is 5.02 Å². The van der Waals surface area contributed by atoms with Gasteiger partial charge in [-0.3, -0.25) is 0 Å². The van der Waals surface area contributed by atoms with Crippen molar-refractivity contribution in [2.24, 2.45) is 0 Å². The van der Waals surface area contributed by atoms with Crippen LogP contribution in [0.5, 0.6) is 5.75 Å². The van der Waals surface area contributed by atoms with Crippen molar-refractivity contribution in [3.05, 3.63) is 62.8 Å². The first kappa shape index (κ1) is 16.3. The third-order valence-corrected chi connectivity index (χ3v) is 3.90. The van der Waals surface area contributed by atoms with E-state index < -0.39 is 11.9 Å². The summed E-state index contributed by atoms with van der Waals surface area (Å²) in [4.78, 5) is 0. The standard InChI is InChI=1S/C16H15BrClFO2/c1-2-7-21-15-6-4-10(8-12(15)17)16(20)11-3-5-14(19)13(18)9-11/h3-6,8-9,16,20H,2,7H2,1H3. The summed E-state index contributed by atoms with van der Waals surface area (Å²) < 4.78 is 19.5. The SMILES string of the molecule is CCCOc1ccc(C(O)c2ccc(F)c(Cl)c2)cc1Br. The number of aliphatic hydroxyl groups is 1. The van der Waals surface area contributed by atoms with Crippen LogP contribution in [0.2, 0.25) is 5.02 Å². The highest BCUT2D eigenvalue weighted by molar-refractivity contribution is 9.10. The van der Waals surface area contributed by atoms with Crippen LogP contribution in [-0.2, 0) is 0 Å². The van der Waals surface area contributed by atoms with E-state index in [1.807, 2.05) is 6.92 Å². The molecule has 0 aliphatic carbocycles. The highest BCUT2D eigenvalue weighted by Crippen LogP contribution is 2.32. The largest absolute Gasteiger partial charge is 0.492 e. The van der Waals surface area contributed by atoms with Crippen LogP contribution in [0.25, 0.3) is 0 Å². The van der Waals surface area contributed by atoms with Crippen LogP contribution < -0.4 is 4.74 Å². The highest BCUT2D eigenvalue weighted by Gasteiger charge is 2.14. The van der Waals surface area contributed by atoms with Crippen molar-refractivity contribution in [2.75, 3.05) is 6.61 Å². The Labute approximate surface area is 136 Å². The lowest BCUT2D eigenvalue weighted by Crippen LogP contribution is -2.01. The second-order valence-corrected chi connectivity index (χ2v) is 5.88. The molecule has 2 nitrogen and oxygen atoms in total. The van der Waals surface area contributed by atoms with Gasteiger partial charge in [0.05, 0.1) is 16.1 Å². The summed E-state index contributed by atoms with van der Waals surface area (Å²) in [6, 6.07) is 9.54. The number of aliphatic hydroxyl groups excluding tert-OH is 1. The van der Waals surface area contributed by atoms with Gasteiger partial charge in [-0.15, -0.1) is 0 Å². The number of hydrogen-bond acceptors (Lipinski definition) is 2. The summed E-state index contributed by atoms with van der Waals surface area (Å²) in [5, 5.41) is 10.3. The maximum absolute atomic E-state index is 13.2. The fraction of sp³-hybridized carbons (Fsp3) is 0.250. The average molecular weight is 374 g/mol. The number of ether oxygens (including phenoxy) is 1. The first-order chi connectivity index (χ1) is 10.0. The van der Waals surface area contributed by atoms with Gasteiger partial charge >= 0.3 is 0 Å². The summed E-state index contributed by atoms with van der Waals surface area (Å²) in [5.41, 5.74) is 1.21. The third-order valence-electron chi connectivity index (χ3n) is 2.99. The minimum Gasteiger partial charge on any atom is -0.492 e. The lowest BCUT2D eigenvalue weighted by atomic mass is 10.0. The van der Waals surface area contributed by atoms with E-state index in [1.54, 1.807) is 18.2 Å². The summed E-state index contributed by atoms with van der Waals surface area (Å²) in [5.74, 6) is 0.224. The Bertz CT molecular complexity index is 634. The fourth-order valence-corrected chi connectivity index (χ4v) is 2.59. The van der Waals surface area contributed by atoms with Gasteiger partial charge in [0.25, 0.3) is 0 Å². The van der Waals surface area contributed by atoms with Crippen molar-refractivity contribution in [2.45, 2.75) is 19.4 Å². The molecule has 2 aromatic carbocycles. The van der Waals surface area contributed by atoms with Crippen LogP contribution in [0.4, 0.5) is 4.39 Å². The minimum absolute atomic E-state index is 0.00600. The molecule has 2 aromatic rings. The maximum Gasteiger partial charge on any atom is 0.141 e. The molecule has 0 aliphatic rings. The van der Waals surface area contributed by atoms with Crippen molar-refractivity contribution in [1.82, 2.24) is 0 Å². The molecule has 1 atom stereocenters. The van der Waals surface area contributed by atoms with Gasteiger partial charge < -0.3 is 9.84 Å². The molecule has 1 unspecified atom stereocenters. The molecule has 0 spiro atoms. The molecule has 112 valence electrons. The van der Waals surface area contributed by atoms with E-state index in [9.17, 15) is 9.50 Å². The van der Waals surface area contributed by atoms with E-state index in [4.69, 9.17) is 16.3 Å². The summed E-state index contributed by atoms with van der Waals surface area (Å²) in [6.07, 6.45) is 0.0462. The Balaban J connectivity index is 2.24. The quantitative estimate of drug-likeness (QED) is 0.789. The maximum atomic E-state index is 13.2. The normalized spacial score (nSPS) is 12.2. The molecule has 0 bridgehead atoms. The van der Waals surface area contributed by atoms with Crippen molar-refractivity contribution >= 4 is 27.5 Å². The van der Waals surface area contributed by atoms with Crippen LogP contribution in [0, 0.1) is 5.82 Å². The van der Waals surface area contributed by atoms with Crippen LogP contribution >= 0.6 is 27.5 Å². The van der Waals surface area contributed by atoms with Gasteiger partial charge in [0, 0.05) is 0 Å². The summed E-state index contributed by atoms with van der Waals surface area (Å²) >= 11 is 9.17. The van der Waals surface area contributed by atoms with Gasteiger partial charge in [0.1, 0.15) is 17.7 Å². The van der Waals surface area contributed by atoms with Crippen molar-refractivity contribution in [1.29, 1.82) is 0 Å². The zero-order chi connectivity index (χ0) is 15.4. The molecule has 0 aromatic heterocycles. The lowest BCUT2D eigenvalue weighted by molar-refractivity contribution is 0.220. The zero-order valence-corrected chi connectivity index (χ0v) is 13.8. The minimum atomic E-state index is -0.875. The monoisotopic (exact) mass is 372 g/mol. The average Bonchev–Trinajstić information content (AvgIpc) is 2.48. The van der Waals surface area contributed by atoms with Gasteiger partial charge in [-0.25, -0.2) is 4.39 Å². The first-order valence-electron chi connectivity index (χ1n) is 6.58. The smallest absolute Gasteiger partial charge is 0.141 e. The third kappa shape index (κ3) is 3.96. The van der Waals surface area contributed by atoms with Gasteiger partial charge in [-0.1, -0.05) is 30.7 Å². The predicted octanol–water partition coefficient (Wildman–Crippen LogP) is 5.11. The predicted molar refractivity (Wildman–Crippen MR) is 85.4 cm³/mol. The van der Waals surface area contributed by atoms with E-state index in [0.29, 0.717) is 17.7 Å². The molecule has 21 heavy (non-hydrogen) atoms. The molecule has 0 fully saturated rings. The van der Waals surface area contributed by atoms with Crippen molar-refractivity contribution in [3.8, 4) is 5.75 Å². The second-order valence-electron chi connectivity index (χ2n) is 4.61. The molecule has 0 heterocycles. The topological polar surface area (TPSA) is 29.5 Å². The molecule has 1 N–H and O–H groups in total. The number of rotatable bonds is 5. The number of benzene rings is 2. The van der Waals surface area contributed by atoms with Crippen LogP contribution in [0.1, 0.15) is 30.6 Å². The second kappa shape index (κ2) is 7.25. The molecule has 0 amide bonds. The molecule has 0 radical (unpaired) electrons. The molecule has 2 rings (SSSR count). The summed E-state index contributed by atoms with van der Waals surface area (Å²) in [6.45, 7) is 2.67. The number of halogens is 3. The van der Waals surface area contributed by atoms with Crippen molar-refractivity contribution < 1.29 is 14.2 Å². The van der Waals surface area contributed by atoms with E-state index >= 15 is 0 Å². The van der Waals surface area contributed by atoms with E-state index in [1.165, 1.54) is 18.2 Å². The molecule has 5 heteroatoms. The lowest BCUT2D eigenvalue weighted by Gasteiger charge is -2.14. The Morgan fingerprint density at radius 3 is 2.52 bits per heavy atom. The van der Waals surface area contributed by atoms with E-state index in [2.05, 4.69) is 15.9 Å². The summed E-state index contributed by atoms with van der Waals surface area (Å²) in [7, 11) is 0. The first-order valence-corrected chi connectivity index (χ1v) is 7.75. The fourth-order valence-electron chi connectivity index (χ4n) is 1.89. The van der Waals surface area contributed by atoms with Gasteiger partial charge in [-0.05, 0) is 57.7 Å². The molecular formula is C16H15BrClFO2. The van der Waals surface area contributed by atoms with Crippen LogP contribution in [-0.4, -0.2) is 11.7 Å². The van der Waals surface area contributed by atoms with Gasteiger partial charge in [0.2, 0.25) is 0 Å². The molecular weight excluding hydrogens is 359 g/mol. The van der Waals surface area contributed by atoms with Gasteiger partial charge in [0.15, 0.2) is 0 Å². The Morgan fingerprint density at radius 2 is 1.90 bits per heavy atom. The highest BCUT2D eigenvalue weighted by atomic mass is 79.9. The van der Waals surface area contributed by atoms with Crippen LogP contribution in [0.15, 0.2) is 40.9 Å².